The summed E-state index contributed by atoms with van der Waals surface area (Å²) in [4.78, 5) is 22.5. The number of amides is 1. The summed E-state index contributed by atoms with van der Waals surface area (Å²) in [6.07, 6.45) is 4.11. The van der Waals surface area contributed by atoms with Crippen LogP contribution in [0.5, 0.6) is 5.75 Å². The number of aromatic nitrogens is 4. The number of benzene rings is 1. The maximum absolute atomic E-state index is 12.8. The lowest BCUT2D eigenvalue weighted by Crippen LogP contribution is -2.31. The van der Waals surface area contributed by atoms with Crippen molar-refractivity contribution in [3.05, 3.63) is 71.5 Å². The Labute approximate surface area is 177 Å². The van der Waals surface area contributed by atoms with Gasteiger partial charge in [-0.25, -0.2) is 4.98 Å². The predicted octanol–water partition coefficient (Wildman–Crippen LogP) is 3.38. The molecule has 3 heterocycles. The molecule has 0 saturated carbocycles. The van der Waals surface area contributed by atoms with E-state index >= 15 is 0 Å². The van der Waals surface area contributed by atoms with Crippen molar-refractivity contribution in [2.45, 2.75) is 18.9 Å². The maximum atomic E-state index is 12.8. The lowest BCUT2D eigenvalue weighted by atomic mass is 10.0. The molecular formula is C21H21N5O3S. The van der Waals surface area contributed by atoms with Crippen molar-refractivity contribution >= 4 is 17.2 Å². The number of para-hydroxylation sites is 1. The molecule has 4 aromatic rings. The second kappa shape index (κ2) is 8.91. The van der Waals surface area contributed by atoms with Crippen LogP contribution in [-0.2, 0) is 18.3 Å². The van der Waals surface area contributed by atoms with E-state index in [1.165, 1.54) is 11.3 Å². The molecule has 0 aliphatic carbocycles. The summed E-state index contributed by atoms with van der Waals surface area (Å²) in [6, 6.07) is 11.0. The molecule has 0 bridgehead atoms. The van der Waals surface area contributed by atoms with Gasteiger partial charge < -0.3 is 19.1 Å². The summed E-state index contributed by atoms with van der Waals surface area (Å²) < 4.78 is 12.7. The van der Waals surface area contributed by atoms with Crippen LogP contribution in [0.15, 0.2) is 58.7 Å². The number of methoxy groups -OCH3 is 1. The second-order valence-corrected chi connectivity index (χ2v) is 7.58. The Morgan fingerprint density at radius 2 is 2.17 bits per heavy atom. The number of ether oxygens (including phenoxy) is 1. The minimum absolute atomic E-state index is 0.148. The molecule has 9 heteroatoms. The van der Waals surface area contributed by atoms with Crippen molar-refractivity contribution in [1.82, 2.24) is 25.0 Å². The van der Waals surface area contributed by atoms with Crippen molar-refractivity contribution in [2.75, 3.05) is 7.11 Å². The Morgan fingerprint density at radius 1 is 1.30 bits per heavy atom. The standard InChI is InChI=1S/C21H21N5O3S/c1-26-12-11-22-21(26)19(14-6-3-4-7-15(14)28-2)23-17(27)9-10-18-24-20(25-29-18)16-8-5-13-30-16/h3-8,11-13,19H,9-10H2,1-2H3,(H,23,27). The number of imidazole rings is 1. The van der Waals surface area contributed by atoms with Crippen LogP contribution in [-0.4, -0.2) is 32.7 Å². The van der Waals surface area contributed by atoms with Gasteiger partial charge in [-0.05, 0) is 17.5 Å². The molecule has 0 aliphatic heterocycles. The first-order valence-electron chi connectivity index (χ1n) is 9.41. The lowest BCUT2D eigenvalue weighted by molar-refractivity contribution is -0.121. The summed E-state index contributed by atoms with van der Waals surface area (Å²) in [6.45, 7) is 0. The van der Waals surface area contributed by atoms with E-state index < -0.39 is 6.04 Å². The van der Waals surface area contributed by atoms with Gasteiger partial charge in [0.1, 0.15) is 17.6 Å². The van der Waals surface area contributed by atoms with Gasteiger partial charge in [-0.2, -0.15) is 4.98 Å². The SMILES string of the molecule is COc1ccccc1C(NC(=O)CCc1nc(-c2cccs2)no1)c1nccn1C. The van der Waals surface area contributed by atoms with Gasteiger partial charge in [0.05, 0.1) is 12.0 Å². The van der Waals surface area contributed by atoms with Crippen molar-refractivity contribution in [2.24, 2.45) is 7.05 Å². The van der Waals surface area contributed by atoms with E-state index in [0.29, 0.717) is 29.7 Å². The molecular weight excluding hydrogens is 402 g/mol. The fraction of sp³-hybridized carbons (Fsp3) is 0.238. The van der Waals surface area contributed by atoms with Crippen LogP contribution in [0.2, 0.25) is 0 Å². The zero-order valence-corrected chi connectivity index (χ0v) is 17.4. The number of nitrogens with one attached hydrogen (secondary N) is 1. The number of carbonyl (C=O) groups is 1. The molecule has 1 unspecified atom stereocenters. The van der Waals surface area contributed by atoms with Crippen LogP contribution in [0.1, 0.15) is 29.7 Å². The molecule has 1 N–H and O–H groups in total. The lowest BCUT2D eigenvalue weighted by Gasteiger charge is -2.21. The topological polar surface area (TPSA) is 95.1 Å². The van der Waals surface area contributed by atoms with Crippen LogP contribution in [0, 0.1) is 0 Å². The maximum Gasteiger partial charge on any atom is 0.227 e. The van der Waals surface area contributed by atoms with Gasteiger partial charge in [0.25, 0.3) is 0 Å². The largest absolute Gasteiger partial charge is 0.496 e. The fourth-order valence-corrected chi connectivity index (χ4v) is 3.81. The molecule has 0 spiro atoms. The summed E-state index contributed by atoms with van der Waals surface area (Å²) in [5, 5.41) is 9.00. The number of rotatable bonds is 8. The van der Waals surface area contributed by atoms with Gasteiger partial charge in [0, 0.05) is 37.8 Å². The Kier molecular flexibility index (Phi) is 5.89. The molecule has 30 heavy (non-hydrogen) atoms. The van der Waals surface area contributed by atoms with E-state index in [0.717, 1.165) is 10.4 Å². The van der Waals surface area contributed by atoms with Gasteiger partial charge in [0.2, 0.25) is 17.6 Å². The minimum atomic E-state index is -0.446. The Balaban J connectivity index is 1.48. The number of hydrogen-bond acceptors (Lipinski definition) is 7. The molecule has 0 fully saturated rings. The van der Waals surface area contributed by atoms with E-state index in [2.05, 4.69) is 20.4 Å². The molecule has 1 amide bonds. The van der Waals surface area contributed by atoms with Crippen molar-refractivity contribution in [3.63, 3.8) is 0 Å². The smallest absolute Gasteiger partial charge is 0.227 e. The Morgan fingerprint density at radius 3 is 2.90 bits per heavy atom. The second-order valence-electron chi connectivity index (χ2n) is 6.63. The van der Waals surface area contributed by atoms with E-state index in [1.54, 1.807) is 13.3 Å². The predicted molar refractivity (Wildman–Crippen MR) is 112 cm³/mol. The summed E-state index contributed by atoms with van der Waals surface area (Å²) in [5.74, 6) is 2.22. The van der Waals surface area contributed by atoms with E-state index in [9.17, 15) is 4.79 Å². The van der Waals surface area contributed by atoms with Crippen LogP contribution < -0.4 is 10.1 Å². The number of aryl methyl sites for hydroxylation is 2. The Hall–Kier alpha value is -3.46. The third kappa shape index (κ3) is 4.25. The first-order chi connectivity index (χ1) is 14.7. The molecule has 0 aliphatic rings. The third-order valence-electron chi connectivity index (χ3n) is 4.65. The number of hydrogen-bond donors (Lipinski definition) is 1. The van der Waals surface area contributed by atoms with Gasteiger partial charge in [-0.3, -0.25) is 4.79 Å². The number of nitrogens with zero attached hydrogens (tertiary/aromatic N) is 4. The molecule has 154 valence electrons. The average Bonchev–Trinajstić information content (AvgIpc) is 3.52. The van der Waals surface area contributed by atoms with Crippen LogP contribution in [0.4, 0.5) is 0 Å². The molecule has 0 radical (unpaired) electrons. The summed E-state index contributed by atoms with van der Waals surface area (Å²) in [7, 11) is 3.50. The summed E-state index contributed by atoms with van der Waals surface area (Å²) >= 11 is 1.54. The van der Waals surface area contributed by atoms with E-state index in [1.807, 2.05) is 59.6 Å². The monoisotopic (exact) mass is 423 g/mol. The fourth-order valence-electron chi connectivity index (χ4n) is 3.16. The molecule has 8 nitrogen and oxygen atoms in total. The highest BCUT2D eigenvalue weighted by molar-refractivity contribution is 7.13. The van der Waals surface area contributed by atoms with Gasteiger partial charge >= 0.3 is 0 Å². The first kappa shape index (κ1) is 19.8. The van der Waals surface area contributed by atoms with Crippen molar-refractivity contribution in [1.29, 1.82) is 0 Å². The van der Waals surface area contributed by atoms with Crippen LogP contribution in [0.3, 0.4) is 0 Å². The van der Waals surface area contributed by atoms with Gasteiger partial charge in [-0.15, -0.1) is 11.3 Å². The van der Waals surface area contributed by atoms with Crippen LogP contribution >= 0.6 is 11.3 Å². The molecule has 1 atom stereocenters. The average molecular weight is 423 g/mol. The molecule has 4 rings (SSSR count). The number of thiophene rings is 1. The zero-order chi connectivity index (χ0) is 20.9. The van der Waals surface area contributed by atoms with Gasteiger partial charge in [0.15, 0.2) is 0 Å². The highest BCUT2D eigenvalue weighted by atomic mass is 32.1. The quantitative estimate of drug-likeness (QED) is 0.467. The zero-order valence-electron chi connectivity index (χ0n) is 16.6. The molecule has 1 aromatic carbocycles. The normalized spacial score (nSPS) is 11.9. The Bertz CT molecular complexity index is 1120. The van der Waals surface area contributed by atoms with Crippen molar-refractivity contribution in [3.8, 4) is 16.5 Å². The minimum Gasteiger partial charge on any atom is -0.496 e. The van der Waals surface area contributed by atoms with Gasteiger partial charge in [-0.1, -0.05) is 29.4 Å². The van der Waals surface area contributed by atoms with Crippen LogP contribution in [0.25, 0.3) is 10.7 Å². The number of carbonyl (C=O) groups excluding carboxylic acids is 1. The highest BCUT2D eigenvalue weighted by Gasteiger charge is 2.24. The first-order valence-corrected chi connectivity index (χ1v) is 10.3. The van der Waals surface area contributed by atoms with Crippen molar-refractivity contribution < 1.29 is 14.1 Å². The van der Waals surface area contributed by atoms with E-state index in [-0.39, 0.29) is 12.3 Å². The summed E-state index contributed by atoms with van der Waals surface area (Å²) in [5.41, 5.74) is 0.834. The van der Waals surface area contributed by atoms with E-state index in [4.69, 9.17) is 9.26 Å². The highest BCUT2D eigenvalue weighted by Crippen LogP contribution is 2.29. The third-order valence-corrected chi connectivity index (χ3v) is 5.51. The molecule has 0 saturated heterocycles. The molecule has 3 aromatic heterocycles.